The summed E-state index contributed by atoms with van der Waals surface area (Å²) in [6.45, 7) is 3.10. The lowest BCUT2D eigenvalue weighted by molar-refractivity contribution is -0.131. The van der Waals surface area contributed by atoms with E-state index in [0.29, 0.717) is 23.7 Å². The van der Waals surface area contributed by atoms with E-state index in [9.17, 15) is 9.59 Å². The number of likely N-dealkylation sites (N-methyl/N-ethyl adjacent to an activating group) is 1. The molecule has 0 radical (unpaired) electrons. The van der Waals surface area contributed by atoms with Crippen LogP contribution in [0.15, 0.2) is 22.7 Å². The first-order chi connectivity index (χ1) is 9.97. The van der Waals surface area contributed by atoms with Crippen molar-refractivity contribution < 1.29 is 9.59 Å². The number of rotatable bonds is 3. The molecule has 0 aromatic heterocycles. The molecule has 114 valence electrons. The maximum absolute atomic E-state index is 12.1. The SMILES string of the molecule is CN1CCN(C(=O)CNC(=O)c2cc(Br)ccc2Cl)CC1. The predicted molar refractivity (Wildman–Crippen MR) is 85.6 cm³/mol. The monoisotopic (exact) mass is 373 g/mol. The number of nitrogens with zero attached hydrogens (tertiary/aromatic N) is 2. The molecule has 1 N–H and O–H groups in total. The third kappa shape index (κ3) is 4.43. The first-order valence-electron chi connectivity index (χ1n) is 6.67. The number of amides is 2. The van der Waals surface area contributed by atoms with E-state index in [0.717, 1.165) is 17.6 Å². The van der Waals surface area contributed by atoms with Crippen molar-refractivity contribution in [3.63, 3.8) is 0 Å². The minimum Gasteiger partial charge on any atom is -0.343 e. The van der Waals surface area contributed by atoms with E-state index in [1.807, 2.05) is 7.05 Å². The van der Waals surface area contributed by atoms with Crippen LogP contribution in [0.2, 0.25) is 5.02 Å². The Morgan fingerprint density at radius 2 is 1.95 bits per heavy atom. The molecule has 0 saturated carbocycles. The molecule has 2 amide bonds. The second kappa shape index (κ2) is 7.24. The molecular weight excluding hydrogens is 358 g/mol. The maximum Gasteiger partial charge on any atom is 0.253 e. The Hall–Kier alpha value is -1.11. The van der Waals surface area contributed by atoms with Crippen molar-refractivity contribution in [3.05, 3.63) is 33.3 Å². The predicted octanol–water partition coefficient (Wildman–Crippen LogP) is 1.61. The average molecular weight is 375 g/mol. The average Bonchev–Trinajstić information content (AvgIpc) is 2.47. The van der Waals surface area contributed by atoms with Crippen molar-refractivity contribution in [1.82, 2.24) is 15.1 Å². The second-order valence-electron chi connectivity index (χ2n) is 4.99. The molecule has 0 spiro atoms. The fourth-order valence-corrected chi connectivity index (χ4v) is 2.65. The number of nitrogens with one attached hydrogen (secondary N) is 1. The van der Waals surface area contributed by atoms with Crippen LogP contribution in [0.25, 0.3) is 0 Å². The van der Waals surface area contributed by atoms with E-state index in [1.165, 1.54) is 0 Å². The molecule has 1 heterocycles. The zero-order valence-electron chi connectivity index (χ0n) is 11.7. The van der Waals surface area contributed by atoms with Gasteiger partial charge in [0, 0.05) is 30.7 Å². The van der Waals surface area contributed by atoms with Crippen molar-refractivity contribution in [2.75, 3.05) is 39.8 Å². The van der Waals surface area contributed by atoms with Gasteiger partial charge in [-0.1, -0.05) is 27.5 Å². The van der Waals surface area contributed by atoms with E-state index >= 15 is 0 Å². The highest BCUT2D eigenvalue weighted by Crippen LogP contribution is 2.20. The topological polar surface area (TPSA) is 52.6 Å². The minimum absolute atomic E-state index is 0.00854. The summed E-state index contributed by atoms with van der Waals surface area (Å²) in [4.78, 5) is 28.0. The number of hydrogen-bond donors (Lipinski definition) is 1. The van der Waals surface area contributed by atoms with E-state index in [4.69, 9.17) is 11.6 Å². The number of hydrogen-bond acceptors (Lipinski definition) is 3. The zero-order chi connectivity index (χ0) is 15.4. The summed E-state index contributed by atoms with van der Waals surface area (Å²) in [5.41, 5.74) is 0.359. The van der Waals surface area contributed by atoms with Crippen LogP contribution in [0.5, 0.6) is 0 Å². The standard InChI is InChI=1S/C14H17BrClN3O2/c1-18-4-6-19(7-5-18)13(20)9-17-14(21)11-8-10(15)2-3-12(11)16/h2-3,8H,4-7,9H2,1H3,(H,17,21). The Bertz CT molecular complexity index is 545. The Labute approximate surface area is 137 Å². The minimum atomic E-state index is -0.344. The molecule has 1 aliphatic rings. The normalized spacial score (nSPS) is 15.9. The molecule has 0 aliphatic carbocycles. The molecule has 7 heteroatoms. The summed E-state index contributed by atoms with van der Waals surface area (Å²) >= 11 is 9.28. The Kier molecular flexibility index (Phi) is 5.61. The van der Waals surface area contributed by atoms with Crippen molar-refractivity contribution in [2.24, 2.45) is 0 Å². The van der Waals surface area contributed by atoms with Crippen molar-refractivity contribution in [2.45, 2.75) is 0 Å². The van der Waals surface area contributed by atoms with Gasteiger partial charge in [0.2, 0.25) is 5.91 Å². The summed E-state index contributed by atoms with van der Waals surface area (Å²) in [5, 5.41) is 2.99. The Balaban J connectivity index is 1.89. The van der Waals surface area contributed by atoms with Gasteiger partial charge in [0.25, 0.3) is 5.91 Å². The molecule has 5 nitrogen and oxygen atoms in total. The highest BCUT2D eigenvalue weighted by Gasteiger charge is 2.20. The number of carbonyl (C=O) groups is 2. The molecule has 1 saturated heterocycles. The van der Waals surface area contributed by atoms with Crippen LogP contribution in [0, 0.1) is 0 Å². The van der Waals surface area contributed by atoms with Gasteiger partial charge in [-0.2, -0.15) is 0 Å². The largest absolute Gasteiger partial charge is 0.343 e. The quantitative estimate of drug-likeness (QED) is 0.874. The fraction of sp³-hybridized carbons (Fsp3) is 0.429. The number of halogens is 2. The first-order valence-corrected chi connectivity index (χ1v) is 7.84. The molecule has 1 aliphatic heterocycles. The first kappa shape index (κ1) is 16.3. The van der Waals surface area contributed by atoms with E-state index in [-0.39, 0.29) is 18.4 Å². The molecule has 1 aromatic rings. The summed E-state index contributed by atoms with van der Waals surface area (Å²) in [5.74, 6) is -0.411. The lowest BCUT2D eigenvalue weighted by atomic mass is 10.2. The lowest BCUT2D eigenvalue weighted by Gasteiger charge is -2.32. The van der Waals surface area contributed by atoms with Gasteiger partial charge in [0.05, 0.1) is 17.1 Å². The van der Waals surface area contributed by atoms with E-state index < -0.39 is 0 Å². The molecular formula is C14H17BrClN3O2. The van der Waals surface area contributed by atoms with E-state index in [2.05, 4.69) is 26.1 Å². The molecule has 1 aromatic carbocycles. The van der Waals surface area contributed by atoms with Crippen LogP contribution < -0.4 is 5.32 Å². The summed E-state index contributed by atoms with van der Waals surface area (Å²) in [6.07, 6.45) is 0. The Morgan fingerprint density at radius 3 is 2.62 bits per heavy atom. The number of benzene rings is 1. The van der Waals surface area contributed by atoms with Gasteiger partial charge in [-0.3, -0.25) is 9.59 Å². The van der Waals surface area contributed by atoms with Crippen molar-refractivity contribution in [3.8, 4) is 0 Å². The lowest BCUT2D eigenvalue weighted by Crippen LogP contribution is -2.50. The summed E-state index contributed by atoms with van der Waals surface area (Å²) in [6, 6.07) is 5.04. The van der Waals surface area contributed by atoms with Gasteiger partial charge in [-0.15, -0.1) is 0 Å². The van der Waals surface area contributed by atoms with E-state index in [1.54, 1.807) is 23.1 Å². The zero-order valence-corrected chi connectivity index (χ0v) is 14.1. The highest BCUT2D eigenvalue weighted by molar-refractivity contribution is 9.10. The van der Waals surface area contributed by atoms with Crippen LogP contribution in [0.4, 0.5) is 0 Å². The summed E-state index contributed by atoms with van der Waals surface area (Å²) < 4.78 is 0.766. The number of carbonyl (C=O) groups excluding carboxylic acids is 2. The maximum atomic E-state index is 12.1. The Morgan fingerprint density at radius 1 is 1.29 bits per heavy atom. The van der Waals surface area contributed by atoms with Crippen LogP contribution in [-0.4, -0.2) is 61.4 Å². The van der Waals surface area contributed by atoms with Crippen LogP contribution in [0.3, 0.4) is 0 Å². The molecule has 1 fully saturated rings. The van der Waals surface area contributed by atoms with Gasteiger partial charge in [0.1, 0.15) is 0 Å². The molecule has 21 heavy (non-hydrogen) atoms. The smallest absolute Gasteiger partial charge is 0.253 e. The fourth-order valence-electron chi connectivity index (χ4n) is 2.09. The molecule has 2 rings (SSSR count). The van der Waals surface area contributed by atoms with Crippen molar-refractivity contribution in [1.29, 1.82) is 0 Å². The summed E-state index contributed by atoms with van der Waals surface area (Å²) in [7, 11) is 2.03. The molecule has 0 bridgehead atoms. The second-order valence-corrected chi connectivity index (χ2v) is 6.31. The van der Waals surface area contributed by atoms with Gasteiger partial charge in [-0.25, -0.2) is 0 Å². The van der Waals surface area contributed by atoms with Gasteiger partial charge >= 0.3 is 0 Å². The highest BCUT2D eigenvalue weighted by atomic mass is 79.9. The van der Waals surface area contributed by atoms with Gasteiger partial charge in [0.15, 0.2) is 0 Å². The van der Waals surface area contributed by atoms with Crippen LogP contribution >= 0.6 is 27.5 Å². The van der Waals surface area contributed by atoms with Crippen LogP contribution in [-0.2, 0) is 4.79 Å². The van der Waals surface area contributed by atoms with Crippen molar-refractivity contribution >= 4 is 39.3 Å². The molecule has 0 unspecified atom stereocenters. The third-order valence-electron chi connectivity index (χ3n) is 3.43. The third-order valence-corrected chi connectivity index (χ3v) is 4.25. The van der Waals surface area contributed by atoms with Gasteiger partial charge < -0.3 is 15.1 Å². The molecule has 0 atom stereocenters. The van der Waals surface area contributed by atoms with Gasteiger partial charge in [-0.05, 0) is 25.2 Å². The number of piperazine rings is 1. The van der Waals surface area contributed by atoms with Crippen LogP contribution in [0.1, 0.15) is 10.4 Å².